The molecule has 0 aliphatic rings. The maximum absolute atomic E-state index is 5.89. The van der Waals surface area contributed by atoms with Crippen LogP contribution in [0.5, 0.6) is 0 Å². The number of rotatable bonds is 0. The fourth-order valence-corrected chi connectivity index (χ4v) is 2.03. The molecule has 0 bridgehead atoms. The van der Waals surface area contributed by atoms with Crippen LogP contribution in [-0.4, -0.2) is 4.98 Å². The molecule has 0 fully saturated rings. The number of aromatic nitrogens is 1. The van der Waals surface area contributed by atoms with Gasteiger partial charge in [0.1, 0.15) is 0 Å². The summed E-state index contributed by atoms with van der Waals surface area (Å²) >= 11 is 14.0. The first-order valence-corrected chi connectivity index (χ1v) is 4.72. The topological polar surface area (TPSA) is 28.9 Å². The van der Waals surface area contributed by atoms with Crippen molar-refractivity contribution in [3.63, 3.8) is 0 Å². The standard InChI is InChI=1S/C7H3BrClNOS/c8-3-1-4(9)6-5(2-3)10-7(12)11-6/h1-2H,(H,10,12). The SMILES string of the molecule is S=c1[nH]c2cc(Br)cc(Cl)c2o1. The summed E-state index contributed by atoms with van der Waals surface area (Å²) in [5.74, 6) is 0. The first-order valence-electron chi connectivity index (χ1n) is 3.15. The van der Waals surface area contributed by atoms with Crippen LogP contribution in [0.25, 0.3) is 11.1 Å². The van der Waals surface area contributed by atoms with Crippen molar-refractivity contribution in [3.05, 3.63) is 26.5 Å². The van der Waals surface area contributed by atoms with Crippen LogP contribution in [0.4, 0.5) is 0 Å². The molecule has 5 heteroatoms. The highest BCUT2D eigenvalue weighted by Gasteiger charge is 2.04. The van der Waals surface area contributed by atoms with Crippen LogP contribution in [0, 0.1) is 4.84 Å². The van der Waals surface area contributed by atoms with Crippen LogP contribution < -0.4 is 0 Å². The van der Waals surface area contributed by atoms with Crippen molar-refractivity contribution in [1.29, 1.82) is 0 Å². The molecule has 2 aromatic rings. The highest BCUT2D eigenvalue weighted by molar-refractivity contribution is 9.10. The average molecular weight is 265 g/mol. The molecule has 1 N–H and O–H groups in total. The zero-order chi connectivity index (χ0) is 8.72. The van der Waals surface area contributed by atoms with Crippen molar-refractivity contribution in [2.75, 3.05) is 0 Å². The predicted molar refractivity (Wildman–Crippen MR) is 54.1 cm³/mol. The Hall–Kier alpha value is -0.320. The van der Waals surface area contributed by atoms with Crippen molar-refractivity contribution in [3.8, 4) is 0 Å². The van der Waals surface area contributed by atoms with E-state index in [2.05, 4.69) is 20.9 Å². The second kappa shape index (κ2) is 2.87. The Morgan fingerprint density at radius 3 is 3.00 bits per heavy atom. The van der Waals surface area contributed by atoms with Gasteiger partial charge in [-0.3, -0.25) is 0 Å². The van der Waals surface area contributed by atoms with Crippen LogP contribution in [0.15, 0.2) is 21.0 Å². The summed E-state index contributed by atoms with van der Waals surface area (Å²) < 4.78 is 6.06. The molecule has 0 unspecified atom stereocenters. The summed E-state index contributed by atoms with van der Waals surface area (Å²) in [5.41, 5.74) is 1.41. The third-order valence-corrected chi connectivity index (χ3v) is 2.36. The van der Waals surface area contributed by atoms with Gasteiger partial charge in [-0.05, 0) is 24.4 Å². The average Bonchev–Trinajstić information content (AvgIpc) is 2.29. The minimum Gasteiger partial charge on any atom is -0.428 e. The minimum atomic E-state index is 0.338. The van der Waals surface area contributed by atoms with E-state index in [1.807, 2.05) is 6.07 Å². The summed E-state index contributed by atoms with van der Waals surface area (Å²) in [4.78, 5) is 3.21. The number of halogens is 2. The second-order valence-corrected chi connectivity index (χ2v) is 3.97. The van der Waals surface area contributed by atoms with E-state index in [0.717, 1.165) is 9.99 Å². The number of benzene rings is 1. The van der Waals surface area contributed by atoms with Crippen molar-refractivity contribution >= 4 is 50.8 Å². The summed E-state index contributed by atoms with van der Waals surface area (Å²) in [5, 5.41) is 0.548. The Balaban J connectivity index is 2.97. The number of H-pyrrole nitrogens is 1. The molecule has 0 spiro atoms. The van der Waals surface area contributed by atoms with Crippen LogP contribution in [-0.2, 0) is 0 Å². The highest BCUT2D eigenvalue weighted by atomic mass is 79.9. The first-order chi connectivity index (χ1) is 5.66. The largest absolute Gasteiger partial charge is 0.428 e. The normalized spacial score (nSPS) is 10.8. The van der Waals surface area contributed by atoms with E-state index < -0.39 is 0 Å². The second-order valence-electron chi connectivity index (χ2n) is 2.28. The molecule has 12 heavy (non-hydrogen) atoms. The van der Waals surface area contributed by atoms with Gasteiger partial charge in [0.25, 0.3) is 4.84 Å². The molecule has 1 heterocycles. The molecule has 2 nitrogen and oxygen atoms in total. The number of oxazole rings is 1. The van der Waals surface area contributed by atoms with Crippen molar-refractivity contribution < 1.29 is 4.42 Å². The number of hydrogen-bond acceptors (Lipinski definition) is 2. The quantitative estimate of drug-likeness (QED) is 0.731. The molecule has 2 rings (SSSR count). The maximum Gasteiger partial charge on any atom is 0.266 e. The smallest absolute Gasteiger partial charge is 0.266 e. The Morgan fingerprint density at radius 2 is 2.25 bits per heavy atom. The van der Waals surface area contributed by atoms with Crippen LogP contribution in [0.2, 0.25) is 5.02 Å². The van der Waals surface area contributed by atoms with Gasteiger partial charge >= 0.3 is 0 Å². The van der Waals surface area contributed by atoms with Gasteiger partial charge in [0.2, 0.25) is 0 Å². The van der Waals surface area contributed by atoms with E-state index in [1.165, 1.54) is 0 Å². The van der Waals surface area contributed by atoms with Crippen LogP contribution >= 0.6 is 39.7 Å². The highest BCUT2D eigenvalue weighted by Crippen LogP contribution is 2.27. The van der Waals surface area contributed by atoms with Gasteiger partial charge in [-0.2, -0.15) is 0 Å². The van der Waals surface area contributed by atoms with E-state index >= 15 is 0 Å². The molecule has 0 aliphatic heterocycles. The molecule has 1 aromatic heterocycles. The molecule has 0 saturated heterocycles. The lowest BCUT2D eigenvalue weighted by molar-refractivity contribution is 0.583. The Morgan fingerprint density at radius 1 is 1.50 bits per heavy atom. The van der Waals surface area contributed by atoms with E-state index in [1.54, 1.807) is 6.07 Å². The molecular weight excluding hydrogens is 262 g/mol. The molecule has 0 atom stereocenters. The van der Waals surface area contributed by atoms with Gasteiger partial charge in [0, 0.05) is 4.47 Å². The fraction of sp³-hybridized carbons (Fsp3) is 0. The van der Waals surface area contributed by atoms with Crippen LogP contribution in [0.1, 0.15) is 0 Å². The van der Waals surface area contributed by atoms with Gasteiger partial charge < -0.3 is 9.40 Å². The van der Waals surface area contributed by atoms with E-state index in [-0.39, 0.29) is 0 Å². The minimum absolute atomic E-state index is 0.338. The Bertz CT molecular complexity index is 490. The molecule has 62 valence electrons. The number of hydrogen-bond donors (Lipinski definition) is 1. The number of aromatic amines is 1. The third kappa shape index (κ3) is 1.30. The van der Waals surface area contributed by atoms with Gasteiger partial charge in [-0.15, -0.1) is 0 Å². The fourth-order valence-electron chi connectivity index (χ4n) is 0.985. The first kappa shape index (κ1) is 8.29. The van der Waals surface area contributed by atoms with Crippen molar-refractivity contribution in [2.24, 2.45) is 0 Å². The molecule has 1 aromatic carbocycles. The lowest BCUT2D eigenvalue weighted by Gasteiger charge is -1.92. The predicted octanol–water partition coefficient (Wildman–Crippen LogP) is 3.91. The Kier molecular flexibility index (Phi) is 1.98. The zero-order valence-corrected chi connectivity index (χ0v) is 8.89. The monoisotopic (exact) mass is 263 g/mol. The zero-order valence-electron chi connectivity index (χ0n) is 5.73. The van der Waals surface area contributed by atoms with Gasteiger partial charge in [0.05, 0.1) is 10.5 Å². The van der Waals surface area contributed by atoms with Crippen LogP contribution in [0.3, 0.4) is 0 Å². The number of nitrogens with one attached hydrogen (secondary N) is 1. The van der Waals surface area contributed by atoms with Crippen molar-refractivity contribution in [1.82, 2.24) is 4.98 Å². The summed E-state index contributed by atoms with van der Waals surface area (Å²) in [7, 11) is 0. The van der Waals surface area contributed by atoms with Crippen molar-refractivity contribution in [2.45, 2.75) is 0 Å². The summed E-state index contributed by atoms with van der Waals surface area (Å²) in [6, 6.07) is 3.62. The van der Waals surface area contributed by atoms with Gasteiger partial charge in [0.15, 0.2) is 5.58 Å². The number of fused-ring (bicyclic) bond motifs is 1. The third-order valence-electron chi connectivity index (χ3n) is 1.44. The molecule has 0 amide bonds. The Labute approximate surface area is 86.7 Å². The maximum atomic E-state index is 5.89. The lowest BCUT2D eigenvalue weighted by Crippen LogP contribution is -1.70. The molecule has 0 aliphatic carbocycles. The van der Waals surface area contributed by atoms with E-state index in [4.69, 9.17) is 28.2 Å². The molecule has 0 radical (unpaired) electrons. The lowest BCUT2D eigenvalue weighted by atomic mass is 10.3. The summed E-state index contributed by atoms with van der Waals surface area (Å²) in [6.45, 7) is 0. The molecular formula is C7H3BrClNOS. The van der Waals surface area contributed by atoms with E-state index in [9.17, 15) is 0 Å². The summed E-state index contributed by atoms with van der Waals surface area (Å²) in [6.07, 6.45) is 0. The van der Waals surface area contributed by atoms with Gasteiger partial charge in [-0.25, -0.2) is 0 Å². The molecule has 0 saturated carbocycles. The van der Waals surface area contributed by atoms with E-state index in [0.29, 0.717) is 15.4 Å². The van der Waals surface area contributed by atoms with Gasteiger partial charge in [-0.1, -0.05) is 27.5 Å².